The Hall–Kier alpha value is -2.29. The van der Waals surface area contributed by atoms with Crippen molar-refractivity contribution in [3.8, 4) is 0 Å². The van der Waals surface area contributed by atoms with Gasteiger partial charge in [-0.25, -0.2) is 0 Å². The van der Waals surface area contributed by atoms with Gasteiger partial charge in [-0.1, -0.05) is 0 Å². The van der Waals surface area contributed by atoms with E-state index >= 15 is 0 Å². The van der Waals surface area contributed by atoms with Crippen LogP contribution in [0.15, 0.2) is 21.7 Å². The summed E-state index contributed by atoms with van der Waals surface area (Å²) < 4.78 is 6.61. The van der Waals surface area contributed by atoms with Gasteiger partial charge in [-0.3, -0.25) is 15.2 Å². The van der Waals surface area contributed by atoms with E-state index in [9.17, 15) is 10.1 Å². The smallest absolute Gasteiger partial charge is 0.400 e. The zero-order valence-corrected chi connectivity index (χ0v) is 9.47. The van der Waals surface area contributed by atoms with Gasteiger partial charge < -0.3 is 4.42 Å². The third kappa shape index (κ3) is 2.28. The number of H-pyrrole nitrogens is 1. The molecule has 0 fully saturated rings. The van der Waals surface area contributed by atoms with Crippen LogP contribution in [0.4, 0.5) is 5.88 Å². The molecule has 2 rings (SSSR count). The summed E-state index contributed by atoms with van der Waals surface area (Å²) >= 11 is 4.93. The topological polar surface area (TPSA) is 102 Å². The second kappa shape index (κ2) is 4.29. The first-order valence-corrected chi connectivity index (χ1v) is 4.91. The standard InChI is InChI=1S/C8H7N5O3S/c1-5-10-11-8(17)12(5)9-4-6-2-3-7(16-6)13(14)15/h2-4H,1H3,(H,11,17)/b9-4-. The molecule has 0 aliphatic carbocycles. The molecule has 0 amide bonds. The summed E-state index contributed by atoms with van der Waals surface area (Å²) in [6.45, 7) is 1.72. The van der Waals surface area contributed by atoms with Crippen molar-refractivity contribution in [3.63, 3.8) is 0 Å². The molecular formula is C8H7N5O3S. The predicted octanol–water partition coefficient (Wildman–Crippen LogP) is 1.63. The summed E-state index contributed by atoms with van der Waals surface area (Å²) in [6.07, 6.45) is 1.32. The van der Waals surface area contributed by atoms with Crippen LogP contribution in [0.3, 0.4) is 0 Å². The molecule has 2 heterocycles. The lowest BCUT2D eigenvalue weighted by Crippen LogP contribution is -1.93. The first-order valence-electron chi connectivity index (χ1n) is 4.50. The number of nitrogens with one attached hydrogen (secondary N) is 1. The third-order valence-electron chi connectivity index (χ3n) is 1.91. The fourth-order valence-electron chi connectivity index (χ4n) is 1.13. The van der Waals surface area contributed by atoms with Crippen LogP contribution in [0.1, 0.15) is 11.6 Å². The van der Waals surface area contributed by atoms with Gasteiger partial charge in [0.1, 0.15) is 10.7 Å². The van der Waals surface area contributed by atoms with E-state index < -0.39 is 4.92 Å². The Morgan fingerprint density at radius 3 is 3.00 bits per heavy atom. The molecular weight excluding hydrogens is 246 g/mol. The number of hydrogen-bond donors (Lipinski definition) is 1. The molecule has 17 heavy (non-hydrogen) atoms. The highest BCUT2D eigenvalue weighted by molar-refractivity contribution is 7.71. The molecule has 0 atom stereocenters. The Labute approximate surface area is 99.7 Å². The van der Waals surface area contributed by atoms with Crippen LogP contribution in [-0.2, 0) is 0 Å². The van der Waals surface area contributed by atoms with E-state index in [-0.39, 0.29) is 11.6 Å². The van der Waals surface area contributed by atoms with Crippen molar-refractivity contribution >= 4 is 24.3 Å². The Morgan fingerprint density at radius 1 is 1.71 bits per heavy atom. The Balaban J connectivity index is 2.26. The number of nitro groups is 1. The zero-order valence-electron chi connectivity index (χ0n) is 8.65. The molecule has 9 heteroatoms. The van der Waals surface area contributed by atoms with E-state index in [0.29, 0.717) is 10.6 Å². The summed E-state index contributed by atoms with van der Waals surface area (Å²) in [7, 11) is 0. The molecule has 0 spiro atoms. The highest BCUT2D eigenvalue weighted by atomic mass is 32.1. The number of rotatable bonds is 3. The molecule has 0 saturated heterocycles. The molecule has 0 aromatic carbocycles. The van der Waals surface area contributed by atoms with E-state index in [1.165, 1.54) is 23.0 Å². The van der Waals surface area contributed by atoms with Gasteiger partial charge in [0.2, 0.25) is 4.77 Å². The van der Waals surface area contributed by atoms with Crippen molar-refractivity contribution in [2.45, 2.75) is 6.92 Å². The van der Waals surface area contributed by atoms with Crippen molar-refractivity contribution in [2.24, 2.45) is 5.10 Å². The van der Waals surface area contributed by atoms with Crippen LogP contribution in [0, 0.1) is 21.8 Å². The molecule has 0 bridgehead atoms. The van der Waals surface area contributed by atoms with Gasteiger partial charge in [0.15, 0.2) is 5.76 Å². The zero-order chi connectivity index (χ0) is 12.4. The summed E-state index contributed by atoms with van der Waals surface area (Å²) in [5, 5.41) is 20.8. The normalized spacial score (nSPS) is 11.1. The quantitative estimate of drug-likeness (QED) is 0.387. The maximum Gasteiger partial charge on any atom is 0.433 e. The van der Waals surface area contributed by atoms with Gasteiger partial charge in [-0.2, -0.15) is 14.9 Å². The van der Waals surface area contributed by atoms with E-state index in [1.807, 2.05) is 0 Å². The van der Waals surface area contributed by atoms with Crippen molar-refractivity contribution < 1.29 is 9.34 Å². The van der Waals surface area contributed by atoms with Gasteiger partial charge in [0.05, 0.1) is 12.3 Å². The monoisotopic (exact) mass is 253 g/mol. The average molecular weight is 253 g/mol. The molecule has 2 aromatic heterocycles. The third-order valence-corrected chi connectivity index (χ3v) is 2.17. The molecule has 0 radical (unpaired) electrons. The van der Waals surface area contributed by atoms with Gasteiger partial charge in [0, 0.05) is 0 Å². The Morgan fingerprint density at radius 2 is 2.47 bits per heavy atom. The average Bonchev–Trinajstić information content (AvgIpc) is 2.85. The number of hydrogen-bond acceptors (Lipinski definition) is 6. The SMILES string of the molecule is Cc1n[nH]c(=S)n1/N=C\c1ccc([N+](=O)[O-])o1. The van der Waals surface area contributed by atoms with E-state index in [1.54, 1.807) is 6.92 Å². The highest BCUT2D eigenvalue weighted by Gasteiger charge is 2.10. The van der Waals surface area contributed by atoms with Crippen LogP contribution in [-0.4, -0.2) is 26.0 Å². The van der Waals surface area contributed by atoms with Crippen LogP contribution in [0.2, 0.25) is 0 Å². The summed E-state index contributed by atoms with van der Waals surface area (Å²) in [4.78, 5) is 9.77. The minimum atomic E-state index is -0.619. The van der Waals surface area contributed by atoms with Gasteiger partial charge in [-0.05, 0) is 25.2 Å². The molecule has 8 nitrogen and oxygen atoms in total. The first-order chi connectivity index (χ1) is 8.08. The lowest BCUT2D eigenvalue weighted by Gasteiger charge is -1.91. The fraction of sp³-hybridized carbons (Fsp3) is 0.125. The summed E-state index contributed by atoms with van der Waals surface area (Å²) in [5.74, 6) is 0.505. The minimum Gasteiger partial charge on any atom is -0.400 e. The van der Waals surface area contributed by atoms with E-state index in [0.717, 1.165) is 0 Å². The van der Waals surface area contributed by atoms with Crippen LogP contribution in [0.5, 0.6) is 0 Å². The molecule has 1 N–H and O–H groups in total. The Kier molecular flexibility index (Phi) is 2.83. The maximum atomic E-state index is 10.4. The largest absolute Gasteiger partial charge is 0.433 e. The fourth-order valence-corrected chi connectivity index (χ4v) is 1.36. The predicted molar refractivity (Wildman–Crippen MR) is 60.5 cm³/mol. The summed E-state index contributed by atoms with van der Waals surface area (Å²) in [5.41, 5.74) is 0. The lowest BCUT2D eigenvalue weighted by molar-refractivity contribution is -0.402. The van der Waals surface area contributed by atoms with Crippen molar-refractivity contribution in [1.82, 2.24) is 14.9 Å². The van der Waals surface area contributed by atoms with Gasteiger partial charge >= 0.3 is 5.88 Å². The van der Waals surface area contributed by atoms with Gasteiger partial charge in [0.25, 0.3) is 0 Å². The highest BCUT2D eigenvalue weighted by Crippen LogP contribution is 2.13. The van der Waals surface area contributed by atoms with Crippen molar-refractivity contribution in [1.29, 1.82) is 0 Å². The molecule has 0 unspecified atom stereocenters. The molecule has 88 valence electrons. The second-order valence-electron chi connectivity index (χ2n) is 3.07. The number of aromatic nitrogens is 3. The maximum absolute atomic E-state index is 10.4. The Bertz CT molecular complexity index is 638. The van der Waals surface area contributed by atoms with Crippen LogP contribution < -0.4 is 0 Å². The lowest BCUT2D eigenvalue weighted by atomic mass is 10.5. The van der Waals surface area contributed by atoms with Crippen molar-refractivity contribution in [2.75, 3.05) is 0 Å². The molecule has 0 aliphatic heterocycles. The van der Waals surface area contributed by atoms with Crippen LogP contribution >= 0.6 is 12.2 Å². The molecule has 0 aliphatic rings. The van der Waals surface area contributed by atoms with Crippen LogP contribution in [0.25, 0.3) is 0 Å². The minimum absolute atomic E-state index is 0.263. The van der Waals surface area contributed by atoms with E-state index in [2.05, 4.69) is 15.3 Å². The second-order valence-corrected chi connectivity index (χ2v) is 3.45. The van der Waals surface area contributed by atoms with Gasteiger partial charge in [-0.15, -0.1) is 0 Å². The summed E-state index contributed by atoms with van der Waals surface area (Å²) in [6, 6.07) is 2.70. The number of nitrogens with zero attached hydrogens (tertiary/aromatic N) is 4. The first kappa shape index (κ1) is 11.2. The molecule has 0 saturated carbocycles. The number of furan rings is 1. The molecule has 2 aromatic rings. The van der Waals surface area contributed by atoms with Crippen molar-refractivity contribution in [3.05, 3.63) is 38.6 Å². The number of aryl methyl sites for hydroxylation is 1. The number of aromatic amines is 1. The van der Waals surface area contributed by atoms with E-state index in [4.69, 9.17) is 16.6 Å².